The van der Waals surface area contributed by atoms with E-state index in [0.29, 0.717) is 6.10 Å². The highest BCUT2D eigenvalue weighted by Crippen LogP contribution is 2.40. The van der Waals surface area contributed by atoms with Crippen LogP contribution >= 0.6 is 0 Å². The summed E-state index contributed by atoms with van der Waals surface area (Å²) in [6, 6.07) is 8.41. The molecule has 2 saturated carbocycles. The molecule has 2 N–H and O–H groups in total. The topological polar surface area (TPSA) is 35.2 Å². The van der Waals surface area contributed by atoms with E-state index in [0.717, 1.165) is 18.6 Å². The van der Waals surface area contributed by atoms with E-state index in [1.807, 2.05) is 0 Å². The molecule has 2 nitrogen and oxygen atoms in total. The van der Waals surface area contributed by atoms with Gasteiger partial charge in [0.1, 0.15) is 5.75 Å². The van der Waals surface area contributed by atoms with Crippen LogP contribution in [0, 0.1) is 0 Å². The van der Waals surface area contributed by atoms with E-state index in [4.69, 9.17) is 10.5 Å². The van der Waals surface area contributed by atoms with E-state index in [1.165, 1.54) is 44.1 Å². The second-order valence-electron chi connectivity index (χ2n) is 5.88. The quantitative estimate of drug-likeness (QED) is 0.880. The van der Waals surface area contributed by atoms with Crippen molar-refractivity contribution in [1.29, 1.82) is 0 Å². The maximum absolute atomic E-state index is 6.64. The van der Waals surface area contributed by atoms with Gasteiger partial charge in [-0.15, -0.1) is 0 Å². The Morgan fingerprint density at radius 2 is 1.72 bits per heavy atom. The first-order chi connectivity index (χ1) is 8.78. The fourth-order valence-electron chi connectivity index (χ4n) is 3.10. The van der Waals surface area contributed by atoms with Gasteiger partial charge in [-0.05, 0) is 38.2 Å². The number of rotatable bonds is 3. The number of hydrogen-bond donors (Lipinski definition) is 1. The Hall–Kier alpha value is -1.02. The molecule has 2 fully saturated rings. The van der Waals surface area contributed by atoms with Crippen LogP contribution < -0.4 is 10.5 Å². The third kappa shape index (κ3) is 2.26. The Kier molecular flexibility index (Phi) is 3.29. The molecule has 0 aliphatic heterocycles. The molecule has 0 heterocycles. The molecule has 0 spiro atoms. The first-order valence-electron chi connectivity index (χ1n) is 7.33. The van der Waals surface area contributed by atoms with Crippen LogP contribution in [0.4, 0.5) is 0 Å². The zero-order chi connectivity index (χ0) is 12.4. The predicted octanol–water partition coefficient (Wildman–Crippen LogP) is 3.74. The summed E-state index contributed by atoms with van der Waals surface area (Å²) in [5, 5.41) is 0. The molecule has 0 unspecified atom stereocenters. The van der Waals surface area contributed by atoms with Gasteiger partial charge in [0.05, 0.1) is 6.10 Å². The van der Waals surface area contributed by atoms with Gasteiger partial charge >= 0.3 is 0 Å². The zero-order valence-corrected chi connectivity index (χ0v) is 11.0. The minimum Gasteiger partial charge on any atom is -0.490 e. The van der Waals surface area contributed by atoms with Crippen molar-refractivity contribution in [2.75, 3.05) is 0 Å². The Bertz CT molecular complexity index is 405. The average Bonchev–Trinajstić information content (AvgIpc) is 2.35. The van der Waals surface area contributed by atoms with Crippen LogP contribution in [0.2, 0.25) is 0 Å². The lowest BCUT2D eigenvalue weighted by molar-refractivity contribution is 0.115. The lowest BCUT2D eigenvalue weighted by atomic mass is 9.77. The van der Waals surface area contributed by atoms with Crippen molar-refractivity contribution in [1.82, 2.24) is 0 Å². The predicted molar refractivity (Wildman–Crippen MR) is 73.7 cm³/mol. The molecule has 0 bridgehead atoms. The SMILES string of the molecule is NC1(c2ccccc2OC2CCC2)CCCCC1. The normalized spacial score (nSPS) is 23.4. The molecule has 0 radical (unpaired) electrons. The van der Waals surface area contributed by atoms with Crippen molar-refractivity contribution in [2.45, 2.75) is 63.0 Å². The van der Waals surface area contributed by atoms with Gasteiger partial charge in [0.25, 0.3) is 0 Å². The molecule has 98 valence electrons. The molecule has 0 aromatic heterocycles. The van der Waals surface area contributed by atoms with E-state index in [1.54, 1.807) is 0 Å². The molecule has 1 aromatic carbocycles. The number of hydrogen-bond acceptors (Lipinski definition) is 2. The van der Waals surface area contributed by atoms with Crippen molar-refractivity contribution in [2.24, 2.45) is 5.73 Å². The van der Waals surface area contributed by atoms with E-state index in [-0.39, 0.29) is 5.54 Å². The second kappa shape index (κ2) is 4.93. The van der Waals surface area contributed by atoms with Crippen LogP contribution in [-0.2, 0) is 5.54 Å². The molecule has 1 aromatic rings. The molecular weight excluding hydrogens is 222 g/mol. The summed E-state index contributed by atoms with van der Waals surface area (Å²) in [6.45, 7) is 0. The van der Waals surface area contributed by atoms with E-state index in [9.17, 15) is 0 Å². The smallest absolute Gasteiger partial charge is 0.124 e. The van der Waals surface area contributed by atoms with Crippen LogP contribution in [0.25, 0.3) is 0 Å². The van der Waals surface area contributed by atoms with Gasteiger partial charge < -0.3 is 10.5 Å². The highest BCUT2D eigenvalue weighted by atomic mass is 16.5. The van der Waals surface area contributed by atoms with Crippen LogP contribution in [0.5, 0.6) is 5.75 Å². The molecule has 2 aliphatic rings. The minimum absolute atomic E-state index is 0.154. The third-order valence-electron chi connectivity index (χ3n) is 4.52. The van der Waals surface area contributed by atoms with Crippen molar-refractivity contribution in [3.8, 4) is 5.75 Å². The zero-order valence-electron chi connectivity index (χ0n) is 11.0. The average molecular weight is 245 g/mol. The Balaban J connectivity index is 1.85. The van der Waals surface area contributed by atoms with Gasteiger partial charge in [-0.1, -0.05) is 37.5 Å². The largest absolute Gasteiger partial charge is 0.490 e. The molecule has 0 saturated heterocycles. The van der Waals surface area contributed by atoms with Crippen LogP contribution in [0.15, 0.2) is 24.3 Å². The highest BCUT2D eigenvalue weighted by molar-refractivity contribution is 5.39. The maximum Gasteiger partial charge on any atom is 0.124 e. The standard InChI is InChI=1S/C16H23NO/c17-16(11-4-1-5-12-16)14-9-2-3-10-15(14)18-13-7-6-8-13/h2-3,9-10,13H,1,4-8,11-12,17H2. The summed E-state index contributed by atoms with van der Waals surface area (Å²) < 4.78 is 6.12. The maximum atomic E-state index is 6.64. The van der Waals surface area contributed by atoms with Crippen LogP contribution in [-0.4, -0.2) is 6.10 Å². The van der Waals surface area contributed by atoms with E-state index < -0.39 is 0 Å². The number of nitrogens with two attached hydrogens (primary N) is 1. The fraction of sp³-hybridized carbons (Fsp3) is 0.625. The molecular formula is C16H23NO. The molecule has 2 aliphatic carbocycles. The third-order valence-corrected chi connectivity index (χ3v) is 4.52. The van der Waals surface area contributed by atoms with Gasteiger partial charge in [-0.2, -0.15) is 0 Å². The fourth-order valence-corrected chi connectivity index (χ4v) is 3.10. The molecule has 18 heavy (non-hydrogen) atoms. The van der Waals surface area contributed by atoms with Crippen LogP contribution in [0.1, 0.15) is 56.9 Å². The first kappa shape index (κ1) is 12.0. The van der Waals surface area contributed by atoms with Gasteiger partial charge in [0.2, 0.25) is 0 Å². The monoisotopic (exact) mass is 245 g/mol. The summed E-state index contributed by atoms with van der Waals surface area (Å²) in [7, 11) is 0. The lowest BCUT2D eigenvalue weighted by Crippen LogP contribution is -2.39. The number of benzene rings is 1. The highest BCUT2D eigenvalue weighted by Gasteiger charge is 2.32. The summed E-state index contributed by atoms with van der Waals surface area (Å²) >= 11 is 0. The Morgan fingerprint density at radius 1 is 1.00 bits per heavy atom. The van der Waals surface area contributed by atoms with Crippen molar-refractivity contribution in [3.05, 3.63) is 29.8 Å². The number of ether oxygens (including phenoxy) is 1. The lowest BCUT2D eigenvalue weighted by Gasteiger charge is -2.36. The Morgan fingerprint density at radius 3 is 2.39 bits per heavy atom. The first-order valence-corrected chi connectivity index (χ1v) is 7.33. The molecule has 0 atom stereocenters. The van der Waals surface area contributed by atoms with E-state index >= 15 is 0 Å². The van der Waals surface area contributed by atoms with Gasteiger partial charge in [-0.25, -0.2) is 0 Å². The van der Waals surface area contributed by atoms with Crippen molar-refractivity contribution in [3.63, 3.8) is 0 Å². The summed E-state index contributed by atoms with van der Waals surface area (Å²) in [6.07, 6.45) is 10.1. The number of para-hydroxylation sites is 1. The van der Waals surface area contributed by atoms with Crippen LogP contribution in [0.3, 0.4) is 0 Å². The summed E-state index contributed by atoms with van der Waals surface area (Å²) in [4.78, 5) is 0. The van der Waals surface area contributed by atoms with Gasteiger partial charge in [0.15, 0.2) is 0 Å². The van der Waals surface area contributed by atoms with Gasteiger partial charge in [0, 0.05) is 11.1 Å². The summed E-state index contributed by atoms with van der Waals surface area (Å²) in [5.74, 6) is 1.03. The van der Waals surface area contributed by atoms with Crippen molar-refractivity contribution < 1.29 is 4.74 Å². The van der Waals surface area contributed by atoms with Crippen molar-refractivity contribution >= 4 is 0 Å². The van der Waals surface area contributed by atoms with E-state index in [2.05, 4.69) is 24.3 Å². The van der Waals surface area contributed by atoms with Gasteiger partial charge in [-0.3, -0.25) is 0 Å². The molecule has 3 rings (SSSR count). The second-order valence-corrected chi connectivity index (χ2v) is 5.88. The molecule has 0 amide bonds. The summed E-state index contributed by atoms with van der Waals surface area (Å²) in [5.41, 5.74) is 7.72. The minimum atomic E-state index is -0.154. The Labute approximate surface area is 110 Å². The molecule has 2 heteroatoms.